The summed E-state index contributed by atoms with van der Waals surface area (Å²) >= 11 is 0. The van der Waals surface area contributed by atoms with E-state index in [0.29, 0.717) is 12.1 Å². The Morgan fingerprint density at radius 2 is 1.80 bits per heavy atom. The van der Waals surface area contributed by atoms with Crippen molar-refractivity contribution in [3.05, 3.63) is 65.7 Å². The first-order valence-corrected chi connectivity index (χ1v) is 12.1. The van der Waals surface area contributed by atoms with E-state index in [-0.39, 0.29) is 16.8 Å². The molecule has 0 bridgehead atoms. The molecule has 0 aliphatic heterocycles. The molecule has 1 fully saturated rings. The number of sulfonamides is 1. The summed E-state index contributed by atoms with van der Waals surface area (Å²) in [6.45, 7) is 2.26. The van der Waals surface area contributed by atoms with Crippen LogP contribution in [0.2, 0.25) is 0 Å². The van der Waals surface area contributed by atoms with Crippen molar-refractivity contribution in [1.82, 2.24) is 14.9 Å². The van der Waals surface area contributed by atoms with E-state index in [4.69, 9.17) is 0 Å². The second-order valence-corrected chi connectivity index (χ2v) is 9.68. The van der Waals surface area contributed by atoms with E-state index in [1.54, 1.807) is 12.1 Å². The van der Waals surface area contributed by atoms with Crippen molar-refractivity contribution in [2.24, 2.45) is 0 Å². The average molecular weight is 430 g/mol. The molecule has 6 nitrogen and oxygen atoms in total. The number of rotatable bonds is 10. The second kappa shape index (κ2) is 10.7. The molecular weight excluding hydrogens is 398 g/mol. The van der Waals surface area contributed by atoms with Gasteiger partial charge in [-0.15, -0.1) is 0 Å². The molecule has 1 aliphatic carbocycles. The fourth-order valence-electron chi connectivity index (χ4n) is 3.76. The highest BCUT2D eigenvalue weighted by molar-refractivity contribution is 7.89. The average Bonchev–Trinajstić information content (AvgIpc) is 3.24. The Morgan fingerprint density at radius 3 is 2.53 bits per heavy atom. The normalized spacial score (nSPS) is 14.9. The summed E-state index contributed by atoms with van der Waals surface area (Å²) in [5.41, 5.74) is 1.62. The predicted octanol–water partition coefficient (Wildman–Crippen LogP) is 3.16. The molecule has 2 N–H and O–H groups in total. The van der Waals surface area contributed by atoms with E-state index >= 15 is 0 Å². The van der Waals surface area contributed by atoms with Crippen LogP contribution in [0, 0.1) is 0 Å². The van der Waals surface area contributed by atoms with Gasteiger partial charge in [0.25, 0.3) is 5.91 Å². The number of hydrogen-bond acceptors (Lipinski definition) is 4. The minimum absolute atomic E-state index is 0.000332. The largest absolute Gasteiger partial charge is 0.352 e. The fourth-order valence-corrected chi connectivity index (χ4v) is 5.11. The van der Waals surface area contributed by atoms with Crippen molar-refractivity contribution < 1.29 is 13.2 Å². The Hall–Kier alpha value is -2.22. The molecule has 1 aliphatic rings. The van der Waals surface area contributed by atoms with Crippen molar-refractivity contribution in [3.8, 4) is 0 Å². The fraction of sp³-hybridized carbons (Fsp3) is 0.435. The number of carbonyl (C=O) groups excluding carboxylic acids is 1. The molecule has 0 unspecified atom stereocenters. The minimum Gasteiger partial charge on any atom is -0.352 e. The van der Waals surface area contributed by atoms with Gasteiger partial charge in [0.05, 0.1) is 4.90 Å². The third-order valence-electron chi connectivity index (χ3n) is 5.38. The predicted molar refractivity (Wildman–Crippen MR) is 119 cm³/mol. The van der Waals surface area contributed by atoms with Gasteiger partial charge in [0.15, 0.2) is 0 Å². The molecule has 1 amide bonds. The lowest BCUT2D eigenvalue weighted by atomic mass is 10.2. The van der Waals surface area contributed by atoms with Crippen molar-refractivity contribution in [2.75, 3.05) is 20.1 Å². The molecule has 7 heteroatoms. The van der Waals surface area contributed by atoms with Crippen LogP contribution in [0.25, 0.3) is 0 Å². The van der Waals surface area contributed by atoms with Crippen molar-refractivity contribution in [3.63, 3.8) is 0 Å². The van der Waals surface area contributed by atoms with Gasteiger partial charge in [0.2, 0.25) is 10.0 Å². The van der Waals surface area contributed by atoms with Crippen molar-refractivity contribution in [1.29, 1.82) is 0 Å². The zero-order chi connectivity index (χ0) is 21.4. The van der Waals surface area contributed by atoms with E-state index in [2.05, 4.69) is 34.1 Å². The highest BCUT2D eigenvalue weighted by atomic mass is 32.2. The molecule has 0 atom stereocenters. The summed E-state index contributed by atoms with van der Waals surface area (Å²) in [5, 5.41) is 2.89. The zero-order valence-electron chi connectivity index (χ0n) is 17.5. The summed E-state index contributed by atoms with van der Waals surface area (Å²) in [4.78, 5) is 14.8. The number of carbonyl (C=O) groups is 1. The quantitative estimate of drug-likeness (QED) is 0.569. The summed E-state index contributed by atoms with van der Waals surface area (Å²) in [5.74, 6) is -0.251. The number of nitrogens with zero attached hydrogens (tertiary/aromatic N) is 1. The molecule has 0 radical (unpaired) electrons. The van der Waals surface area contributed by atoms with E-state index in [0.717, 1.165) is 45.2 Å². The Morgan fingerprint density at radius 1 is 1.07 bits per heavy atom. The number of amides is 1. The SMILES string of the molecule is CN(CCCNC(=O)c1cccc(S(=O)(=O)NC2CCCC2)c1)Cc1ccccc1. The molecule has 1 saturated carbocycles. The smallest absolute Gasteiger partial charge is 0.251 e. The number of nitrogens with one attached hydrogen (secondary N) is 2. The lowest BCUT2D eigenvalue weighted by Gasteiger charge is -2.17. The Labute approximate surface area is 179 Å². The van der Waals surface area contributed by atoms with Gasteiger partial charge in [-0.2, -0.15) is 0 Å². The molecule has 30 heavy (non-hydrogen) atoms. The van der Waals surface area contributed by atoms with E-state index in [1.165, 1.54) is 17.7 Å². The van der Waals surface area contributed by atoms with E-state index in [1.807, 2.05) is 18.2 Å². The van der Waals surface area contributed by atoms with Gasteiger partial charge in [0.1, 0.15) is 0 Å². The minimum atomic E-state index is -3.60. The molecule has 2 aromatic carbocycles. The van der Waals surface area contributed by atoms with Crippen LogP contribution in [-0.2, 0) is 16.6 Å². The maximum Gasteiger partial charge on any atom is 0.251 e. The molecule has 0 heterocycles. The molecule has 2 aromatic rings. The molecular formula is C23H31N3O3S. The first-order chi connectivity index (χ1) is 14.4. The molecule has 3 rings (SSSR count). The molecule has 162 valence electrons. The molecule has 0 aromatic heterocycles. The number of hydrogen-bond donors (Lipinski definition) is 2. The monoisotopic (exact) mass is 429 g/mol. The summed E-state index contributed by atoms with van der Waals surface area (Å²) < 4.78 is 28.0. The second-order valence-electron chi connectivity index (χ2n) is 7.96. The van der Waals surface area contributed by atoms with Crippen LogP contribution in [0.5, 0.6) is 0 Å². The van der Waals surface area contributed by atoms with E-state index < -0.39 is 10.0 Å². The van der Waals surface area contributed by atoms with Crippen LogP contribution in [0.15, 0.2) is 59.5 Å². The number of benzene rings is 2. The van der Waals surface area contributed by atoms with Crippen molar-refractivity contribution in [2.45, 2.75) is 49.6 Å². The Kier molecular flexibility index (Phi) is 8.01. The first-order valence-electron chi connectivity index (χ1n) is 10.6. The van der Waals surface area contributed by atoms with Gasteiger partial charge in [-0.1, -0.05) is 49.2 Å². The maximum atomic E-state index is 12.6. The van der Waals surface area contributed by atoms with Gasteiger partial charge in [-0.25, -0.2) is 13.1 Å². The van der Waals surface area contributed by atoms with Crippen LogP contribution < -0.4 is 10.0 Å². The van der Waals surface area contributed by atoms with Crippen LogP contribution in [0.4, 0.5) is 0 Å². The molecule has 0 spiro atoms. The van der Waals surface area contributed by atoms with Crippen LogP contribution >= 0.6 is 0 Å². The van der Waals surface area contributed by atoms with Crippen LogP contribution in [-0.4, -0.2) is 45.4 Å². The van der Waals surface area contributed by atoms with Gasteiger partial charge in [-0.05, 0) is 56.6 Å². The summed E-state index contributed by atoms with van der Waals surface area (Å²) in [6, 6.07) is 16.5. The van der Waals surface area contributed by atoms with Gasteiger partial charge in [0, 0.05) is 24.7 Å². The summed E-state index contributed by atoms with van der Waals surface area (Å²) in [6.07, 6.45) is 4.67. The highest BCUT2D eigenvalue weighted by Crippen LogP contribution is 2.20. The van der Waals surface area contributed by atoms with Gasteiger partial charge >= 0.3 is 0 Å². The Balaban J connectivity index is 1.46. The third-order valence-corrected chi connectivity index (χ3v) is 6.90. The van der Waals surface area contributed by atoms with Gasteiger partial charge < -0.3 is 10.2 Å². The van der Waals surface area contributed by atoms with Crippen molar-refractivity contribution >= 4 is 15.9 Å². The maximum absolute atomic E-state index is 12.6. The third kappa shape index (κ3) is 6.65. The van der Waals surface area contributed by atoms with E-state index in [9.17, 15) is 13.2 Å². The topological polar surface area (TPSA) is 78.5 Å². The lowest BCUT2D eigenvalue weighted by molar-refractivity contribution is 0.0951. The lowest BCUT2D eigenvalue weighted by Crippen LogP contribution is -2.33. The highest BCUT2D eigenvalue weighted by Gasteiger charge is 2.23. The standard InChI is InChI=1S/C23H31N3O3S/c1-26(18-19-9-3-2-4-10-19)16-8-15-24-23(27)20-11-7-14-22(17-20)30(28,29)25-21-12-5-6-13-21/h2-4,7,9-11,14,17,21,25H,5-6,8,12-13,15-16,18H2,1H3,(H,24,27). The molecule has 0 saturated heterocycles. The zero-order valence-corrected chi connectivity index (χ0v) is 18.3. The van der Waals surface area contributed by atoms with Crippen LogP contribution in [0.3, 0.4) is 0 Å². The first kappa shape index (κ1) is 22.5. The Bertz CT molecular complexity index is 926. The summed E-state index contributed by atoms with van der Waals surface area (Å²) in [7, 11) is -1.55. The van der Waals surface area contributed by atoms with Crippen LogP contribution in [0.1, 0.15) is 48.0 Å². The van der Waals surface area contributed by atoms with Gasteiger partial charge in [-0.3, -0.25) is 4.79 Å².